The zero-order valence-electron chi connectivity index (χ0n) is 13.5. The highest BCUT2D eigenvalue weighted by Gasteiger charge is 2.18. The van der Waals surface area contributed by atoms with Gasteiger partial charge in [0.1, 0.15) is 12.4 Å². The molecular weight excluding hydrogens is 382 g/mol. The molecule has 0 radical (unpaired) electrons. The Labute approximate surface area is 158 Å². The van der Waals surface area contributed by atoms with E-state index in [1.165, 1.54) is 6.07 Å². The van der Waals surface area contributed by atoms with Gasteiger partial charge in [-0.15, -0.1) is 11.8 Å². The standard InChI is InChI=1S/C17H14ClNO6S/c18-13-5-11-7-23-10-25-17(11)12(6-13)8-24-16(20)9-26-15-4-2-1-3-14(15)19(21)22/h1-6H,7-10H2. The molecule has 7 nitrogen and oxygen atoms in total. The van der Waals surface area contributed by atoms with Crippen LogP contribution in [-0.4, -0.2) is 23.4 Å². The molecule has 2 aromatic carbocycles. The van der Waals surface area contributed by atoms with Crippen molar-refractivity contribution in [3.8, 4) is 5.75 Å². The fraction of sp³-hybridized carbons (Fsp3) is 0.235. The van der Waals surface area contributed by atoms with Crippen molar-refractivity contribution in [2.45, 2.75) is 18.1 Å². The van der Waals surface area contributed by atoms with Crippen LogP contribution in [-0.2, 0) is 27.5 Å². The Hall–Kier alpha value is -2.29. The number of fused-ring (bicyclic) bond motifs is 1. The number of carbonyl (C=O) groups excluding carboxylic acids is 1. The van der Waals surface area contributed by atoms with Gasteiger partial charge in [0.25, 0.3) is 5.69 Å². The Bertz CT molecular complexity index is 844. The second-order valence-corrected chi connectivity index (χ2v) is 6.79. The van der Waals surface area contributed by atoms with Gasteiger partial charge in [0.05, 0.1) is 22.2 Å². The first-order valence-corrected chi connectivity index (χ1v) is 8.94. The zero-order chi connectivity index (χ0) is 18.5. The first kappa shape index (κ1) is 18.5. The van der Waals surface area contributed by atoms with Crippen LogP contribution in [0.25, 0.3) is 0 Å². The number of benzene rings is 2. The number of hydrogen-bond acceptors (Lipinski definition) is 7. The maximum absolute atomic E-state index is 12.0. The highest BCUT2D eigenvalue weighted by Crippen LogP contribution is 2.32. The molecular formula is C17H14ClNO6S. The minimum atomic E-state index is -0.492. The van der Waals surface area contributed by atoms with Gasteiger partial charge >= 0.3 is 5.97 Å². The largest absolute Gasteiger partial charge is 0.467 e. The van der Waals surface area contributed by atoms with Gasteiger partial charge < -0.3 is 14.2 Å². The molecule has 26 heavy (non-hydrogen) atoms. The summed E-state index contributed by atoms with van der Waals surface area (Å²) in [4.78, 5) is 22.9. The summed E-state index contributed by atoms with van der Waals surface area (Å²) in [6.45, 7) is 0.507. The van der Waals surface area contributed by atoms with Crippen LogP contribution in [0.15, 0.2) is 41.3 Å². The lowest BCUT2D eigenvalue weighted by Gasteiger charge is -2.21. The number of thioether (sulfide) groups is 1. The average molecular weight is 396 g/mol. The van der Waals surface area contributed by atoms with Gasteiger partial charge in [-0.3, -0.25) is 14.9 Å². The second-order valence-electron chi connectivity index (χ2n) is 5.34. The van der Waals surface area contributed by atoms with Crippen LogP contribution in [0, 0.1) is 10.1 Å². The molecule has 2 aromatic rings. The third-order valence-electron chi connectivity index (χ3n) is 3.55. The molecule has 136 valence electrons. The van der Waals surface area contributed by atoms with E-state index < -0.39 is 10.9 Å². The number of rotatable bonds is 6. The van der Waals surface area contributed by atoms with E-state index >= 15 is 0 Å². The molecule has 1 aliphatic rings. The fourth-order valence-electron chi connectivity index (χ4n) is 2.43. The van der Waals surface area contributed by atoms with Gasteiger partial charge in [0.2, 0.25) is 0 Å². The highest BCUT2D eigenvalue weighted by atomic mass is 35.5. The van der Waals surface area contributed by atoms with E-state index in [2.05, 4.69) is 0 Å². The van der Waals surface area contributed by atoms with E-state index in [0.717, 1.165) is 17.3 Å². The molecule has 9 heteroatoms. The Morgan fingerprint density at radius 3 is 2.96 bits per heavy atom. The molecule has 0 amide bonds. The normalized spacial score (nSPS) is 12.8. The van der Waals surface area contributed by atoms with E-state index in [0.29, 0.717) is 27.8 Å². The molecule has 0 saturated carbocycles. The van der Waals surface area contributed by atoms with Crippen LogP contribution < -0.4 is 4.74 Å². The Balaban J connectivity index is 1.60. The molecule has 0 spiro atoms. The maximum Gasteiger partial charge on any atom is 0.316 e. The summed E-state index contributed by atoms with van der Waals surface area (Å²) in [6, 6.07) is 9.66. The average Bonchev–Trinajstić information content (AvgIpc) is 2.64. The van der Waals surface area contributed by atoms with E-state index in [1.54, 1.807) is 30.3 Å². The molecule has 0 aromatic heterocycles. The topological polar surface area (TPSA) is 87.9 Å². The molecule has 0 N–H and O–H groups in total. The van der Waals surface area contributed by atoms with Gasteiger partial charge in [-0.2, -0.15) is 0 Å². The summed E-state index contributed by atoms with van der Waals surface area (Å²) in [6.07, 6.45) is 0. The van der Waals surface area contributed by atoms with Gasteiger partial charge in [0, 0.05) is 22.2 Å². The van der Waals surface area contributed by atoms with Crippen LogP contribution in [0.1, 0.15) is 11.1 Å². The lowest BCUT2D eigenvalue weighted by molar-refractivity contribution is -0.387. The van der Waals surface area contributed by atoms with E-state index in [9.17, 15) is 14.9 Å². The van der Waals surface area contributed by atoms with Crippen molar-refractivity contribution in [3.05, 3.63) is 62.7 Å². The summed E-state index contributed by atoms with van der Waals surface area (Å²) in [5.74, 6) is 0.0751. The van der Waals surface area contributed by atoms with Crippen LogP contribution in [0.3, 0.4) is 0 Å². The number of nitro benzene ring substituents is 1. The number of esters is 1. The Morgan fingerprint density at radius 1 is 1.35 bits per heavy atom. The number of para-hydroxylation sites is 1. The van der Waals surface area contributed by atoms with Crippen LogP contribution in [0.4, 0.5) is 5.69 Å². The predicted molar refractivity (Wildman–Crippen MR) is 95.4 cm³/mol. The zero-order valence-corrected chi connectivity index (χ0v) is 15.0. The van der Waals surface area contributed by atoms with E-state index in [-0.39, 0.29) is 24.8 Å². The summed E-state index contributed by atoms with van der Waals surface area (Å²) in [5, 5.41) is 11.5. The summed E-state index contributed by atoms with van der Waals surface area (Å²) >= 11 is 7.12. The van der Waals surface area contributed by atoms with Crippen LogP contribution >= 0.6 is 23.4 Å². The third-order valence-corrected chi connectivity index (χ3v) is 4.80. The van der Waals surface area contributed by atoms with Crippen molar-refractivity contribution in [2.24, 2.45) is 0 Å². The number of nitrogens with zero attached hydrogens (tertiary/aromatic N) is 1. The third kappa shape index (κ3) is 4.46. The molecule has 0 aliphatic carbocycles. The number of nitro groups is 1. The smallest absolute Gasteiger partial charge is 0.316 e. The van der Waals surface area contributed by atoms with Crippen molar-refractivity contribution in [3.63, 3.8) is 0 Å². The molecule has 3 rings (SSSR count). The molecule has 0 atom stereocenters. The van der Waals surface area contributed by atoms with Crippen molar-refractivity contribution in [2.75, 3.05) is 12.5 Å². The highest BCUT2D eigenvalue weighted by molar-refractivity contribution is 8.00. The molecule has 1 aliphatic heterocycles. The van der Waals surface area contributed by atoms with Crippen molar-refractivity contribution in [1.29, 1.82) is 0 Å². The summed E-state index contributed by atoms with van der Waals surface area (Å²) in [5.41, 5.74) is 1.41. The Morgan fingerprint density at radius 2 is 2.15 bits per heavy atom. The second kappa shape index (κ2) is 8.39. The molecule has 0 bridgehead atoms. The van der Waals surface area contributed by atoms with Crippen molar-refractivity contribution < 1.29 is 23.9 Å². The summed E-state index contributed by atoms with van der Waals surface area (Å²) in [7, 11) is 0. The number of ether oxygens (including phenoxy) is 3. The number of hydrogen-bond donors (Lipinski definition) is 0. The number of carbonyl (C=O) groups is 1. The first-order chi connectivity index (χ1) is 12.5. The van der Waals surface area contributed by atoms with E-state index in [1.807, 2.05) is 0 Å². The first-order valence-electron chi connectivity index (χ1n) is 7.58. The van der Waals surface area contributed by atoms with Crippen molar-refractivity contribution in [1.82, 2.24) is 0 Å². The number of halogens is 1. The molecule has 0 fully saturated rings. The minimum Gasteiger partial charge on any atom is -0.467 e. The SMILES string of the molecule is O=C(CSc1ccccc1[N+](=O)[O-])OCc1cc(Cl)cc2c1OCOC2. The van der Waals surface area contributed by atoms with E-state index in [4.69, 9.17) is 25.8 Å². The van der Waals surface area contributed by atoms with Gasteiger partial charge in [0.15, 0.2) is 6.79 Å². The van der Waals surface area contributed by atoms with Gasteiger partial charge in [-0.1, -0.05) is 23.7 Å². The predicted octanol–water partition coefficient (Wildman–Crippen LogP) is 3.95. The lowest BCUT2D eigenvalue weighted by Crippen LogP contribution is -2.14. The molecule has 1 heterocycles. The Kier molecular flexibility index (Phi) is 5.97. The monoisotopic (exact) mass is 395 g/mol. The summed E-state index contributed by atoms with van der Waals surface area (Å²) < 4.78 is 15.9. The maximum atomic E-state index is 12.0. The molecule has 0 unspecified atom stereocenters. The fourth-order valence-corrected chi connectivity index (χ4v) is 3.52. The van der Waals surface area contributed by atoms with Crippen LogP contribution in [0.2, 0.25) is 5.02 Å². The van der Waals surface area contributed by atoms with Gasteiger partial charge in [-0.05, 0) is 18.2 Å². The van der Waals surface area contributed by atoms with Gasteiger partial charge in [-0.25, -0.2) is 0 Å². The lowest BCUT2D eigenvalue weighted by atomic mass is 10.1. The molecule has 0 saturated heterocycles. The van der Waals surface area contributed by atoms with Crippen LogP contribution in [0.5, 0.6) is 5.75 Å². The quantitative estimate of drug-likeness (QED) is 0.316. The minimum absolute atomic E-state index is 0.000824. The van der Waals surface area contributed by atoms with Crippen molar-refractivity contribution >= 4 is 35.0 Å².